The van der Waals surface area contributed by atoms with Crippen LogP contribution in [0.15, 0.2) is 42.6 Å². The van der Waals surface area contributed by atoms with Gasteiger partial charge in [0.05, 0.1) is 22.9 Å². The molecule has 0 radical (unpaired) electrons. The topological polar surface area (TPSA) is 80.7 Å². The molecule has 4 aromatic rings. The van der Waals surface area contributed by atoms with Crippen LogP contribution in [-0.2, 0) is 14.3 Å². The summed E-state index contributed by atoms with van der Waals surface area (Å²) in [5.74, 6) is 0.260. The van der Waals surface area contributed by atoms with E-state index in [1.54, 1.807) is 11.3 Å². The SMILES string of the molecule is COC(=O)[C@@H](OC(C)(C)C)c1c(C)cc2nc(-c3ccnc(N4CCN(C(C)C)[C@@H](C)C4)n3)sc2c1-c1ccc(Cl)cc1. The van der Waals surface area contributed by atoms with Crippen LogP contribution in [0.25, 0.3) is 32.0 Å². The van der Waals surface area contributed by atoms with Crippen molar-refractivity contribution in [2.24, 2.45) is 0 Å². The van der Waals surface area contributed by atoms with Crippen molar-refractivity contribution in [2.75, 3.05) is 31.6 Å². The highest BCUT2D eigenvalue weighted by Gasteiger charge is 2.33. The lowest BCUT2D eigenvalue weighted by Crippen LogP contribution is -2.54. The van der Waals surface area contributed by atoms with Gasteiger partial charge in [-0.05, 0) is 83.9 Å². The van der Waals surface area contributed by atoms with Crippen molar-refractivity contribution in [3.8, 4) is 21.8 Å². The van der Waals surface area contributed by atoms with Crippen LogP contribution in [0.2, 0.25) is 5.02 Å². The number of ether oxygens (including phenoxy) is 2. The van der Waals surface area contributed by atoms with Crippen molar-refractivity contribution < 1.29 is 14.3 Å². The number of fused-ring (bicyclic) bond motifs is 1. The molecule has 1 fully saturated rings. The number of aryl methyl sites for hydroxylation is 1. The van der Waals surface area contributed by atoms with Gasteiger partial charge in [-0.2, -0.15) is 0 Å². The molecule has 0 unspecified atom stereocenters. The fraction of sp³-hybridized carbons (Fsp3) is 0.455. The minimum atomic E-state index is -0.928. The Kier molecular flexibility index (Phi) is 9.09. The third kappa shape index (κ3) is 6.70. The standard InChI is InChI=1S/C33H40ClN5O3S/c1-19(2)39-16-15-38(18-21(39)4)32-35-14-13-24(37-32)30-36-25-17-20(3)26(28(31(40)41-8)42-33(5,6)7)27(29(25)43-30)22-9-11-23(34)12-10-22/h9-14,17,19,21,28H,15-16,18H2,1-8H3/t21-,28-/m0/s1. The van der Waals surface area contributed by atoms with Crippen LogP contribution in [0, 0.1) is 6.92 Å². The molecule has 2 aromatic carbocycles. The fourth-order valence-corrected chi connectivity index (χ4v) is 7.01. The summed E-state index contributed by atoms with van der Waals surface area (Å²) < 4.78 is 12.5. The van der Waals surface area contributed by atoms with Crippen LogP contribution in [0.1, 0.15) is 58.8 Å². The van der Waals surface area contributed by atoms with Crippen LogP contribution in [0.3, 0.4) is 0 Å². The Bertz CT molecular complexity index is 1620. The van der Waals surface area contributed by atoms with Crippen LogP contribution in [0.4, 0.5) is 5.95 Å². The van der Waals surface area contributed by atoms with Gasteiger partial charge in [0.1, 0.15) is 10.7 Å². The predicted octanol–water partition coefficient (Wildman–Crippen LogP) is 7.33. The number of hydrogen-bond acceptors (Lipinski definition) is 9. The summed E-state index contributed by atoms with van der Waals surface area (Å²) in [5, 5.41) is 1.41. The minimum absolute atomic E-state index is 0.407. The van der Waals surface area contributed by atoms with Gasteiger partial charge in [-0.3, -0.25) is 4.90 Å². The Balaban J connectivity index is 1.63. The number of anilines is 1. The van der Waals surface area contributed by atoms with Crippen LogP contribution in [0.5, 0.6) is 0 Å². The molecule has 0 bridgehead atoms. The number of methoxy groups -OCH3 is 1. The summed E-state index contributed by atoms with van der Waals surface area (Å²) in [7, 11) is 1.39. The lowest BCUT2D eigenvalue weighted by Gasteiger charge is -2.42. The summed E-state index contributed by atoms with van der Waals surface area (Å²) in [6.07, 6.45) is 0.882. The predicted molar refractivity (Wildman–Crippen MR) is 175 cm³/mol. The van der Waals surface area contributed by atoms with E-state index in [0.717, 1.165) is 62.8 Å². The molecule has 5 rings (SSSR count). The number of rotatable bonds is 7. The van der Waals surface area contributed by atoms with Crippen molar-refractivity contribution in [3.63, 3.8) is 0 Å². The Morgan fingerprint density at radius 2 is 1.84 bits per heavy atom. The van der Waals surface area contributed by atoms with Gasteiger partial charge in [0.25, 0.3) is 0 Å². The Morgan fingerprint density at radius 1 is 1.12 bits per heavy atom. The fourth-order valence-electron chi connectivity index (χ4n) is 5.79. The van der Waals surface area contributed by atoms with E-state index in [1.807, 2.05) is 70.3 Å². The van der Waals surface area contributed by atoms with Crippen molar-refractivity contribution in [1.82, 2.24) is 19.9 Å². The van der Waals surface area contributed by atoms with Gasteiger partial charge in [-0.1, -0.05) is 23.7 Å². The van der Waals surface area contributed by atoms with Gasteiger partial charge in [-0.15, -0.1) is 11.3 Å². The van der Waals surface area contributed by atoms with E-state index in [4.69, 9.17) is 31.0 Å². The molecule has 0 aliphatic carbocycles. The molecule has 228 valence electrons. The molecule has 8 nitrogen and oxygen atoms in total. The highest BCUT2D eigenvalue weighted by molar-refractivity contribution is 7.22. The first kappa shape index (κ1) is 31.3. The summed E-state index contributed by atoms with van der Waals surface area (Å²) in [6.45, 7) is 17.2. The quantitative estimate of drug-likeness (QED) is 0.198. The van der Waals surface area contributed by atoms with Crippen molar-refractivity contribution in [2.45, 2.75) is 72.3 Å². The third-order valence-corrected chi connectivity index (χ3v) is 9.06. The largest absolute Gasteiger partial charge is 0.467 e. The van der Waals surface area contributed by atoms with Gasteiger partial charge < -0.3 is 14.4 Å². The Labute approximate surface area is 263 Å². The number of esters is 1. The first-order valence-corrected chi connectivity index (χ1v) is 15.9. The van der Waals surface area contributed by atoms with Crippen molar-refractivity contribution in [1.29, 1.82) is 0 Å². The molecule has 0 amide bonds. The number of carbonyl (C=O) groups excluding carboxylic acids is 1. The number of piperazine rings is 1. The molecule has 2 aromatic heterocycles. The summed E-state index contributed by atoms with van der Waals surface area (Å²) >= 11 is 7.82. The van der Waals surface area contributed by atoms with Gasteiger partial charge >= 0.3 is 5.97 Å². The number of aromatic nitrogens is 3. The van der Waals surface area contributed by atoms with E-state index < -0.39 is 17.7 Å². The van der Waals surface area contributed by atoms with E-state index >= 15 is 0 Å². The molecule has 1 saturated heterocycles. The average molecular weight is 622 g/mol. The van der Waals surface area contributed by atoms with E-state index in [9.17, 15) is 4.79 Å². The average Bonchev–Trinajstić information content (AvgIpc) is 3.38. The molecular formula is C33H40ClN5O3S. The van der Waals surface area contributed by atoms with Gasteiger partial charge in [0, 0.05) is 54.1 Å². The van der Waals surface area contributed by atoms with E-state index in [0.29, 0.717) is 23.1 Å². The lowest BCUT2D eigenvalue weighted by atomic mass is 9.91. The molecule has 2 atom stereocenters. The maximum Gasteiger partial charge on any atom is 0.339 e. The maximum absolute atomic E-state index is 13.2. The zero-order valence-corrected chi connectivity index (χ0v) is 27.7. The van der Waals surface area contributed by atoms with Crippen molar-refractivity contribution in [3.05, 3.63) is 58.7 Å². The Morgan fingerprint density at radius 3 is 2.47 bits per heavy atom. The second-order valence-electron chi connectivity index (χ2n) is 12.4. The number of hydrogen-bond donors (Lipinski definition) is 0. The summed E-state index contributed by atoms with van der Waals surface area (Å²) in [6, 6.07) is 12.5. The lowest BCUT2D eigenvalue weighted by molar-refractivity contribution is -0.164. The smallest absolute Gasteiger partial charge is 0.339 e. The van der Waals surface area contributed by atoms with Gasteiger partial charge in [0.15, 0.2) is 6.10 Å². The molecule has 3 heterocycles. The van der Waals surface area contributed by atoms with Crippen LogP contribution in [-0.4, -0.2) is 70.2 Å². The second-order valence-corrected chi connectivity index (χ2v) is 13.8. The van der Waals surface area contributed by atoms with Gasteiger partial charge in [-0.25, -0.2) is 19.7 Å². The number of benzene rings is 2. The third-order valence-electron chi connectivity index (χ3n) is 7.70. The summed E-state index contributed by atoms with van der Waals surface area (Å²) in [4.78, 5) is 32.6. The zero-order valence-electron chi connectivity index (χ0n) is 26.1. The molecule has 43 heavy (non-hydrogen) atoms. The number of carbonyl (C=O) groups is 1. The van der Waals surface area contributed by atoms with Crippen LogP contribution >= 0.6 is 22.9 Å². The molecule has 0 spiro atoms. The number of halogens is 1. The van der Waals surface area contributed by atoms with Crippen LogP contribution < -0.4 is 4.90 Å². The number of thiazole rings is 1. The first-order valence-electron chi connectivity index (χ1n) is 14.7. The highest BCUT2D eigenvalue weighted by Crippen LogP contribution is 2.44. The minimum Gasteiger partial charge on any atom is -0.467 e. The molecule has 1 aliphatic heterocycles. The monoisotopic (exact) mass is 621 g/mol. The Hall–Kier alpha value is -3.11. The highest BCUT2D eigenvalue weighted by atomic mass is 35.5. The van der Waals surface area contributed by atoms with E-state index in [-0.39, 0.29) is 0 Å². The van der Waals surface area contributed by atoms with Gasteiger partial charge in [0.2, 0.25) is 5.95 Å². The maximum atomic E-state index is 13.2. The zero-order chi connectivity index (χ0) is 31.1. The number of nitrogens with zero attached hydrogens (tertiary/aromatic N) is 5. The normalized spacial score (nSPS) is 17.1. The van der Waals surface area contributed by atoms with E-state index in [2.05, 4.69) is 35.6 Å². The first-order chi connectivity index (χ1) is 20.4. The second kappa shape index (κ2) is 12.5. The summed E-state index contributed by atoms with van der Waals surface area (Å²) in [5.41, 5.74) is 4.43. The van der Waals surface area contributed by atoms with E-state index in [1.165, 1.54) is 7.11 Å². The molecule has 0 N–H and O–H groups in total. The van der Waals surface area contributed by atoms with Crippen molar-refractivity contribution >= 4 is 45.1 Å². The molecule has 1 aliphatic rings. The molecular weight excluding hydrogens is 582 g/mol. The molecule has 0 saturated carbocycles. The molecule has 10 heteroatoms.